The third-order valence-electron chi connectivity index (χ3n) is 2.07. The minimum atomic E-state index is -2.44. The van der Waals surface area contributed by atoms with Crippen LogP contribution in [0.25, 0.3) is 0 Å². The highest BCUT2D eigenvalue weighted by Gasteiger charge is 2.24. The number of carbonyl (C=O) groups is 4. The lowest BCUT2D eigenvalue weighted by atomic mass is 10.6. The lowest BCUT2D eigenvalue weighted by Crippen LogP contribution is -2.30. The summed E-state index contributed by atoms with van der Waals surface area (Å²) in [5, 5.41) is 0. The number of rotatable bonds is 8. The van der Waals surface area contributed by atoms with E-state index in [0.717, 1.165) is 0 Å². The van der Waals surface area contributed by atoms with Gasteiger partial charge in [-0.2, -0.15) is 0 Å². The molecule has 0 unspecified atom stereocenters. The predicted molar refractivity (Wildman–Crippen MR) is 75.6 cm³/mol. The van der Waals surface area contributed by atoms with Crippen LogP contribution in [-0.2, 0) is 36.9 Å². The van der Waals surface area contributed by atoms with Crippen molar-refractivity contribution >= 4 is 42.4 Å². The molecule has 0 amide bonds. The Kier molecular flexibility index (Phi) is 9.29. The molecule has 0 aliphatic carbocycles. The molecule has 0 aliphatic heterocycles. The van der Waals surface area contributed by atoms with Crippen LogP contribution < -0.4 is 0 Å². The molecule has 0 radical (unpaired) electrons. The molecule has 0 atom stereocenters. The van der Waals surface area contributed by atoms with E-state index in [1.807, 2.05) is 0 Å². The van der Waals surface area contributed by atoms with E-state index in [1.54, 1.807) is 0 Å². The van der Waals surface area contributed by atoms with Gasteiger partial charge in [0.1, 0.15) is 0 Å². The monoisotopic (exact) mass is 336 g/mol. The highest BCUT2D eigenvalue weighted by atomic mass is 28.3. The molecule has 120 valence electrons. The molecule has 21 heavy (non-hydrogen) atoms. The van der Waals surface area contributed by atoms with Crippen molar-refractivity contribution in [1.82, 2.24) is 0 Å². The zero-order valence-electron chi connectivity index (χ0n) is 12.5. The zero-order chi connectivity index (χ0) is 16.4. The number of hydrogen-bond donors (Lipinski definition) is 0. The molecule has 0 bridgehead atoms. The molecular formula is C11H20O8Si2. The Morgan fingerprint density at radius 2 is 0.857 bits per heavy atom. The topological polar surface area (TPSA) is 105 Å². The van der Waals surface area contributed by atoms with Crippen molar-refractivity contribution in [1.29, 1.82) is 0 Å². The van der Waals surface area contributed by atoms with E-state index in [4.69, 9.17) is 17.7 Å². The number of carbonyl (C=O) groups excluding carboxylic acids is 4. The van der Waals surface area contributed by atoms with Crippen molar-refractivity contribution in [3.8, 4) is 0 Å². The van der Waals surface area contributed by atoms with Crippen LogP contribution in [0.2, 0.25) is 12.1 Å². The van der Waals surface area contributed by atoms with Crippen molar-refractivity contribution in [3.63, 3.8) is 0 Å². The Bertz CT molecular complexity index is 330. The molecule has 0 saturated carbocycles. The van der Waals surface area contributed by atoms with Gasteiger partial charge < -0.3 is 17.7 Å². The first-order valence-electron chi connectivity index (χ1n) is 6.39. The van der Waals surface area contributed by atoms with Gasteiger partial charge in [-0.05, 0) is 6.42 Å². The Morgan fingerprint density at radius 3 is 1.05 bits per heavy atom. The van der Waals surface area contributed by atoms with E-state index >= 15 is 0 Å². The Morgan fingerprint density at radius 1 is 0.619 bits per heavy atom. The maximum Gasteiger partial charge on any atom is 0.448 e. The molecule has 0 heterocycles. The SMILES string of the molecule is CC(=O)O[SiH](CCC[SiH](OC(C)=O)OC(C)=O)OC(C)=O. The average molecular weight is 336 g/mol. The highest BCUT2D eigenvalue weighted by Crippen LogP contribution is 2.10. The van der Waals surface area contributed by atoms with Gasteiger partial charge in [-0.1, -0.05) is 0 Å². The van der Waals surface area contributed by atoms with Crippen molar-refractivity contribution in [2.24, 2.45) is 0 Å². The lowest BCUT2D eigenvalue weighted by molar-refractivity contribution is -0.139. The molecule has 8 nitrogen and oxygen atoms in total. The van der Waals surface area contributed by atoms with Crippen LogP contribution in [0.5, 0.6) is 0 Å². The second-order valence-corrected chi connectivity index (χ2v) is 8.04. The van der Waals surface area contributed by atoms with Crippen LogP contribution >= 0.6 is 0 Å². The molecule has 0 spiro atoms. The largest absolute Gasteiger partial charge is 0.487 e. The highest BCUT2D eigenvalue weighted by molar-refractivity contribution is 6.50. The Balaban J connectivity index is 4.34. The number of hydrogen-bond acceptors (Lipinski definition) is 8. The van der Waals surface area contributed by atoms with E-state index in [1.165, 1.54) is 27.7 Å². The van der Waals surface area contributed by atoms with Gasteiger partial charge in [0.2, 0.25) is 0 Å². The predicted octanol–water partition coefficient (Wildman–Crippen LogP) is 0.0699. The fourth-order valence-electron chi connectivity index (χ4n) is 1.48. The smallest absolute Gasteiger partial charge is 0.448 e. The van der Waals surface area contributed by atoms with Crippen molar-refractivity contribution in [2.75, 3.05) is 0 Å². The summed E-state index contributed by atoms with van der Waals surface area (Å²) in [7, 11) is -4.88. The van der Waals surface area contributed by atoms with Gasteiger partial charge >= 0.3 is 18.6 Å². The van der Waals surface area contributed by atoms with Crippen LogP contribution in [-0.4, -0.2) is 42.4 Å². The summed E-state index contributed by atoms with van der Waals surface area (Å²) >= 11 is 0. The van der Waals surface area contributed by atoms with Crippen LogP contribution in [0.4, 0.5) is 0 Å². The minimum Gasteiger partial charge on any atom is -0.487 e. The summed E-state index contributed by atoms with van der Waals surface area (Å²) in [6, 6.07) is 0.733. The quantitative estimate of drug-likeness (QED) is 0.573. The summed E-state index contributed by atoms with van der Waals surface area (Å²) in [6.07, 6.45) is 0.467. The first kappa shape index (κ1) is 19.3. The molecule has 10 heteroatoms. The second-order valence-electron chi connectivity index (χ2n) is 4.23. The minimum absolute atomic E-state index is 0.366. The molecule has 0 aliphatic rings. The van der Waals surface area contributed by atoms with Crippen LogP contribution in [0.15, 0.2) is 0 Å². The van der Waals surface area contributed by atoms with Gasteiger partial charge in [0.25, 0.3) is 23.9 Å². The van der Waals surface area contributed by atoms with Crippen molar-refractivity contribution in [2.45, 2.75) is 46.2 Å². The fraction of sp³-hybridized carbons (Fsp3) is 0.636. The van der Waals surface area contributed by atoms with Gasteiger partial charge in [0.15, 0.2) is 0 Å². The molecular weight excluding hydrogens is 316 g/mol. The fourth-order valence-corrected chi connectivity index (χ4v) is 5.13. The van der Waals surface area contributed by atoms with Crippen molar-refractivity contribution in [3.05, 3.63) is 0 Å². The maximum absolute atomic E-state index is 10.9. The summed E-state index contributed by atoms with van der Waals surface area (Å²) in [4.78, 5) is 43.7. The van der Waals surface area contributed by atoms with Crippen molar-refractivity contribution < 1.29 is 36.9 Å². The van der Waals surface area contributed by atoms with Crippen LogP contribution in [0.3, 0.4) is 0 Å². The first-order chi connectivity index (χ1) is 9.70. The first-order valence-corrected chi connectivity index (χ1v) is 9.91. The standard InChI is InChI=1S/C11H20O8Si2/c1-8(12)16-20(17-9(2)13)6-5-7-21(18-10(3)14)19-11(4)15/h20-21H,5-7H2,1-4H3. The second kappa shape index (κ2) is 10.1. The van der Waals surface area contributed by atoms with E-state index in [2.05, 4.69) is 0 Å². The van der Waals surface area contributed by atoms with Crippen LogP contribution in [0, 0.1) is 0 Å². The Labute approximate surface area is 126 Å². The summed E-state index contributed by atoms with van der Waals surface area (Å²) in [6.45, 7) is 4.94. The molecule has 0 fully saturated rings. The zero-order valence-corrected chi connectivity index (χ0v) is 14.9. The summed E-state index contributed by atoms with van der Waals surface area (Å²) in [5.41, 5.74) is 0. The molecule has 0 aromatic carbocycles. The van der Waals surface area contributed by atoms with Gasteiger partial charge in [0, 0.05) is 39.8 Å². The van der Waals surface area contributed by atoms with Crippen LogP contribution in [0.1, 0.15) is 34.1 Å². The maximum atomic E-state index is 10.9. The lowest BCUT2D eigenvalue weighted by Gasteiger charge is -2.17. The van der Waals surface area contributed by atoms with Gasteiger partial charge in [-0.25, -0.2) is 0 Å². The molecule has 0 aromatic rings. The summed E-state index contributed by atoms with van der Waals surface area (Å²) < 4.78 is 19.8. The Hall–Kier alpha value is -1.69. The van der Waals surface area contributed by atoms with E-state index in [0.29, 0.717) is 18.5 Å². The third-order valence-corrected chi connectivity index (χ3v) is 6.21. The van der Waals surface area contributed by atoms with Gasteiger partial charge in [0.05, 0.1) is 0 Å². The molecule has 0 rings (SSSR count). The normalized spacial score (nSPS) is 10.2. The molecule has 0 aromatic heterocycles. The molecule has 0 N–H and O–H groups in total. The summed E-state index contributed by atoms with van der Waals surface area (Å²) in [5.74, 6) is -2.05. The van der Waals surface area contributed by atoms with E-state index < -0.39 is 42.4 Å². The van der Waals surface area contributed by atoms with E-state index in [-0.39, 0.29) is 0 Å². The van der Waals surface area contributed by atoms with Gasteiger partial charge in [-0.3, -0.25) is 19.2 Å². The third kappa shape index (κ3) is 11.8. The average Bonchev–Trinajstić information content (AvgIpc) is 2.24. The molecule has 0 saturated heterocycles. The van der Waals surface area contributed by atoms with Gasteiger partial charge in [-0.15, -0.1) is 0 Å². The van der Waals surface area contributed by atoms with E-state index in [9.17, 15) is 19.2 Å².